The first-order valence-corrected chi connectivity index (χ1v) is 9.89. The van der Waals surface area contributed by atoms with Crippen molar-refractivity contribution in [3.8, 4) is 0 Å². The fourth-order valence-corrected chi connectivity index (χ4v) is 2.92. The van der Waals surface area contributed by atoms with E-state index in [9.17, 15) is 4.79 Å². The number of hydrogen-bond donors (Lipinski definition) is 3. The maximum absolute atomic E-state index is 11.8. The van der Waals surface area contributed by atoms with Gasteiger partial charge in [-0.25, -0.2) is 0 Å². The summed E-state index contributed by atoms with van der Waals surface area (Å²) in [6, 6.07) is 0.718. The minimum absolute atomic E-state index is 0.0758. The molecule has 0 spiro atoms. The molecule has 1 aliphatic rings. The molecule has 1 aliphatic heterocycles. The van der Waals surface area contributed by atoms with Gasteiger partial charge in [0, 0.05) is 44.2 Å². The molecular formula is C19H39N5O. The zero-order valence-electron chi connectivity index (χ0n) is 17.0. The standard InChI is InChI=1S/C19H39N5O/c1-6-20-18(23-13-12-21-17(25)19(3,4)5)22-11-9-15-24-14-8-7-10-16(24)2/h16H,6-15H2,1-5H3,(H,21,25)(H2,20,22,23). The third-order valence-electron chi connectivity index (χ3n) is 4.54. The van der Waals surface area contributed by atoms with E-state index in [2.05, 4.69) is 39.7 Å². The van der Waals surface area contributed by atoms with Crippen molar-refractivity contribution in [3.05, 3.63) is 0 Å². The maximum atomic E-state index is 11.8. The summed E-state index contributed by atoms with van der Waals surface area (Å²) in [7, 11) is 0. The lowest BCUT2D eigenvalue weighted by Crippen LogP contribution is -2.43. The molecule has 0 aromatic heterocycles. The Morgan fingerprint density at radius 1 is 1.16 bits per heavy atom. The van der Waals surface area contributed by atoms with Crippen LogP contribution in [0, 0.1) is 5.41 Å². The number of nitrogens with one attached hydrogen (secondary N) is 3. The highest BCUT2D eigenvalue weighted by Crippen LogP contribution is 2.16. The quantitative estimate of drug-likeness (QED) is 0.354. The highest BCUT2D eigenvalue weighted by atomic mass is 16.2. The lowest BCUT2D eigenvalue weighted by Gasteiger charge is -2.33. The molecule has 0 aliphatic carbocycles. The van der Waals surface area contributed by atoms with E-state index in [1.165, 1.54) is 25.8 Å². The second-order valence-corrected chi connectivity index (χ2v) is 7.93. The Labute approximate surface area is 154 Å². The normalized spacial score (nSPS) is 19.6. The molecule has 1 fully saturated rings. The topological polar surface area (TPSA) is 68.8 Å². The minimum atomic E-state index is -0.343. The van der Waals surface area contributed by atoms with Crippen LogP contribution in [0.3, 0.4) is 0 Å². The van der Waals surface area contributed by atoms with Crippen LogP contribution in [-0.4, -0.2) is 62.1 Å². The molecule has 0 bridgehead atoms. The molecule has 6 heteroatoms. The lowest BCUT2D eigenvalue weighted by atomic mass is 9.96. The zero-order valence-corrected chi connectivity index (χ0v) is 17.0. The molecular weight excluding hydrogens is 314 g/mol. The molecule has 1 unspecified atom stereocenters. The van der Waals surface area contributed by atoms with Crippen molar-refractivity contribution in [2.75, 3.05) is 39.3 Å². The van der Waals surface area contributed by atoms with Crippen molar-refractivity contribution in [3.63, 3.8) is 0 Å². The van der Waals surface area contributed by atoms with Gasteiger partial charge >= 0.3 is 0 Å². The molecule has 0 saturated carbocycles. The van der Waals surface area contributed by atoms with Crippen LogP contribution in [0.25, 0.3) is 0 Å². The largest absolute Gasteiger partial charge is 0.357 e. The second kappa shape index (κ2) is 11.3. The van der Waals surface area contributed by atoms with Gasteiger partial charge in [0.2, 0.25) is 5.91 Å². The Morgan fingerprint density at radius 2 is 1.88 bits per heavy atom. The highest BCUT2D eigenvalue weighted by Gasteiger charge is 2.20. The van der Waals surface area contributed by atoms with Gasteiger partial charge < -0.3 is 20.9 Å². The molecule has 1 heterocycles. The predicted molar refractivity (Wildman–Crippen MR) is 106 cm³/mol. The Morgan fingerprint density at radius 3 is 2.52 bits per heavy atom. The van der Waals surface area contributed by atoms with Gasteiger partial charge in [-0.1, -0.05) is 27.2 Å². The fourth-order valence-electron chi connectivity index (χ4n) is 2.92. The summed E-state index contributed by atoms with van der Waals surface area (Å²) >= 11 is 0. The van der Waals surface area contributed by atoms with E-state index in [4.69, 9.17) is 0 Å². The highest BCUT2D eigenvalue weighted by molar-refractivity contribution is 5.81. The van der Waals surface area contributed by atoms with Gasteiger partial charge in [0.1, 0.15) is 0 Å². The van der Waals surface area contributed by atoms with Crippen molar-refractivity contribution >= 4 is 11.9 Å². The van der Waals surface area contributed by atoms with Gasteiger partial charge in [0.15, 0.2) is 5.96 Å². The predicted octanol–water partition coefficient (Wildman–Crippen LogP) is 1.97. The van der Waals surface area contributed by atoms with Crippen molar-refractivity contribution in [2.24, 2.45) is 10.4 Å². The number of hydrogen-bond acceptors (Lipinski definition) is 3. The summed E-state index contributed by atoms with van der Waals surface area (Å²) in [5.41, 5.74) is -0.343. The smallest absolute Gasteiger partial charge is 0.225 e. The average Bonchev–Trinajstić information content (AvgIpc) is 2.55. The van der Waals surface area contributed by atoms with Crippen LogP contribution in [0.15, 0.2) is 4.99 Å². The number of amides is 1. The van der Waals surface area contributed by atoms with Gasteiger partial charge in [-0.3, -0.25) is 9.79 Å². The van der Waals surface area contributed by atoms with Crippen LogP contribution in [0.5, 0.6) is 0 Å². The molecule has 0 radical (unpaired) electrons. The lowest BCUT2D eigenvalue weighted by molar-refractivity contribution is -0.128. The summed E-state index contributed by atoms with van der Waals surface area (Å²) in [5, 5.41) is 9.49. The minimum Gasteiger partial charge on any atom is -0.357 e. The van der Waals surface area contributed by atoms with Gasteiger partial charge in [0.05, 0.1) is 0 Å². The molecule has 6 nitrogen and oxygen atoms in total. The van der Waals surface area contributed by atoms with Crippen LogP contribution >= 0.6 is 0 Å². The third kappa shape index (κ3) is 9.10. The average molecular weight is 354 g/mol. The van der Waals surface area contributed by atoms with E-state index in [1.54, 1.807) is 0 Å². The Bertz CT molecular complexity index is 417. The van der Waals surface area contributed by atoms with Gasteiger partial charge in [-0.2, -0.15) is 0 Å². The van der Waals surface area contributed by atoms with E-state index in [0.29, 0.717) is 13.1 Å². The second-order valence-electron chi connectivity index (χ2n) is 7.93. The number of piperidine rings is 1. The number of guanidine groups is 1. The first-order chi connectivity index (χ1) is 11.8. The molecule has 25 heavy (non-hydrogen) atoms. The number of nitrogens with zero attached hydrogens (tertiary/aromatic N) is 2. The molecule has 0 aromatic carbocycles. The molecule has 1 rings (SSSR count). The molecule has 1 saturated heterocycles. The summed E-state index contributed by atoms with van der Waals surface area (Å²) in [6.07, 6.45) is 5.11. The van der Waals surface area contributed by atoms with Crippen molar-refractivity contribution in [1.29, 1.82) is 0 Å². The summed E-state index contributed by atoms with van der Waals surface area (Å²) < 4.78 is 0. The van der Waals surface area contributed by atoms with Crippen LogP contribution in [-0.2, 0) is 4.79 Å². The Kier molecular flexibility index (Phi) is 9.86. The third-order valence-corrected chi connectivity index (χ3v) is 4.54. The van der Waals surface area contributed by atoms with Crippen LogP contribution in [0.4, 0.5) is 0 Å². The van der Waals surface area contributed by atoms with Crippen molar-refractivity contribution in [1.82, 2.24) is 20.9 Å². The maximum Gasteiger partial charge on any atom is 0.225 e. The Hall–Kier alpha value is -1.30. The van der Waals surface area contributed by atoms with E-state index < -0.39 is 0 Å². The van der Waals surface area contributed by atoms with E-state index >= 15 is 0 Å². The number of aliphatic imine (C=N–C) groups is 1. The van der Waals surface area contributed by atoms with E-state index in [-0.39, 0.29) is 11.3 Å². The molecule has 1 atom stereocenters. The summed E-state index contributed by atoms with van der Waals surface area (Å²) in [5.74, 6) is 0.908. The first kappa shape index (κ1) is 21.7. The van der Waals surface area contributed by atoms with E-state index in [1.807, 2.05) is 20.8 Å². The summed E-state index contributed by atoms with van der Waals surface area (Å²) in [6.45, 7) is 15.5. The first-order valence-electron chi connectivity index (χ1n) is 9.89. The number of carbonyl (C=O) groups excluding carboxylic acids is 1. The Balaban J connectivity index is 2.25. The fraction of sp³-hybridized carbons (Fsp3) is 0.895. The number of carbonyl (C=O) groups is 1. The molecule has 3 N–H and O–H groups in total. The van der Waals surface area contributed by atoms with Crippen LogP contribution in [0.2, 0.25) is 0 Å². The van der Waals surface area contributed by atoms with Crippen molar-refractivity contribution in [2.45, 2.75) is 66.3 Å². The zero-order chi connectivity index (χ0) is 18.7. The van der Waals surface area contributed by atoms with Gasteiger partial charge in [-0.15, -0.1) is 0 Å². The van der Waals surface area contributed by atoms with Crippen LogP contribution < -0.4 is 16.0 Å². The number of rotatable bonds is 8. The monoisotopic (exact) mass is 353 g/mol. The summed E-state index contributed by atoms with van der Waals surface area (Å²) in [4.78, 5) is 19.1. The molecule has 0 aromatic rings. The van der Waals surface area contributed by atoms with Crippen molar-refractivity contribution < 1.29 is 4.79 Å². The SMILES string of the molecule is CCNC(=NCCCN1CCCCC1C)NCCNC(=O)C(C)(C)C. The molecule has 146 valence electrons. The van der Waals surface area contributed by atoms with Gasteiger partial charge in [0.25, 0.3) is 0 Å². The molecule has 1 amide bonds. The van der Waals surface area contributed by atoms with Crippen LogP contribution in [0.1, 0.15) is 60.3 Å². The van der Waals surface area contributed by atoms with E-state index in [0.717, 1.165) is 38.1 Å². The number of likely N-dealkylation sites (tertiary alicyclic amines) is 1. The van der Waals surface area contributed by atoms with Gasteiger partial charge in [-0.05, 0) is 39.7 Å².